The largest absolute Gasteiger partial charge is 0.396 e. The lowest BCUT2D eigenvalue weighted by Gasteiger charge is -2.28. The average molecular weight is 189 g/mol. The third kappa shape index (κ3) is 4.57. The van der Waals surface area contributed by atoms with Crippen molar-refractivity contribution >= 4 is 0 Å². The molecule has 4 heteroatoms. The van der Waals surface area contributed by atoms with Gasteiger partial charge in [0.25, 0.3) is 0 Å². The fourth-order valence-electron chi connectivity index (χ4n) is 1.50. The molecule has 78 valence electrons. The van der Waals surface area contributed by atoms with Crippen molar-refractivity contribution in [2.75, 3.05) is 39.5 Å². The van der Waals surface area contributed by atoms with Crippen molar-refractivity contribution in [3.63, 3.8) is 0 Å². The lowest BCUT2D eigenvalue weighted by molar-refractivity contribution is 0.0120. The van der Waals surface area contributed by atoms with Crippen LogP contribution in [0.3, 0.4) is 0 Å². The third-order valence-corrected chi connectivity index (χ3v) is 2.27. The first kappa shape index (κ1) is 10.9. The molecule has 1 rings (SSSR count). The van der Waals surface area contributed by atoms with E-state index in [1.165, 1.54) is 0 Å². The van der Waals surface area contributed by atoms with Crippen LogP contribution < -0.4 is 0 Å². The monoisotopic (exact) mass is 189 g/mol. The highest BCUT2D eigenvalue weighted by Crippen LogP contribution is 2.02. The van der Waals surface area contributed by atoms with Gasteiger partial charge in [-0.15, -0.1) is 0 Å². The minimum atomic E-state index is -0.301. The molecule has 0 aromatic heterocycles. The summed E-state index contributed by atoms with van der Waals surface area (Å²) in [6.45, 7) is 4.25. The van der Waals surface area contributed by atoms with E-state index >= 15 is 0 Å². The highest BCUT2D eigenvalue weighted by atomic mass is 16.5. The van der Waals surface area contributed by atoms with E-state index in [9.17, 15) is 5.11 Å². The van der Waals surface area contributed by atoms with Gasteiger partial charge in [0.05, 0.1) is 19.3 Å². The van der Waals surface area contributed by atoms with Gasteiger partial charge in [0.2, 0.25) is 0 Å². The van der Waals surface area contributed by atoms with Gasteiger partial charge >= 0.3 is 0 Å². The Kier molecular flexibility index (Phi) is 5.31. The van der Waals surface area contributed by atoms with Crippen molar-refractivity contribution in [3.8, 4) is 0 Å². The van der Waals surface area contributed by atoms with Crippen LogP contribution in [0.2, 0.25) is 0 Å². The second-order valence-electron chi connectivity index (χ2n) is 3.43. The second-order valence-corrected chi connectivity index (χ2v) is 3.43. The van der Waals surface area contributed by atoms with Crippen LogP contribution in [0.1, 0.15) is 12.8 Å². The van der Waals surface area contributed by atoms with Crippen LogP contribution in [0.5, 0.6) is 0 Å². The van der Waals surface area contributed by atoms with E-state index in [4.69, 9.17) is 9.84 Å². The molecule has 0 aromatic rings. The molecular weight excluding hydrogens is 170 g/mol. The van der Waals surface area contributed by atoms with Crippen LogP contribution in [0.15, 0.2) is 0 Å². The number of β-amino-alcohol motifs (C(OH)–C–C–N with tert-alkyl or cyclic N) is 1. The van der Waals surface area contributed by atoms with Gasteiger partial charge in [0, 0.05) is 26.2 Å². The van der Waals surface area contributed by atoms with Gasteiger partial charge in [0.15, 0.2) is 0 Å². The summed E-state index contributed by atoms with van der Waals surface area (Å²) in [6, 6.07) is 0. The van der Waals surface area contributed by atoms with Crippen molar-refractivity contribution in [1.29, 1.82) is 0 Å². The molecule has 1 fully saturated rings. The Bertz CT molecular complexity index is 126. The predicted molar refractivity (Wildman–Crippen MR) is 49.6 cm³/mol. The van der Waals surface area contributed by atoms with E-state index < -0.39 is 0 Å². The second kappa shape index (κ2) is 6.32. The summed E-state index contributed by atoms with van der Waals surface area (Å²) >= 11 is 0. The molecular formula is C9H19NO3. The summed E-state index contributed by atoms with van der Waals surface area (Å²) in [5.41, 5.74) is 0. The number of nitrogens with zero attached hydrogens (tertiary/aromatic N) is 1. The standard InChI is InChI=1S/C9H19NO3/c11-5-1-2-9(12)8-10-3-6-13-7-4-10/h9,11-12H,1-8H2. The minimum absolute atomic E-state index is 0.167. The van der Waals surface area contributed by atoms with E-state index in [2.05, 4.69) is 4.90 Å². The third-order valence-electron chi connectivity index (χ3n) is 2.27. The molecule has 0 aliphatic carbocycles. The first-order valence-corrected chi connectivity index (χ1v) is 4.92. The van der Waals surface area contributed by atoms with Crippen molar-refractivity contribution in [3.05, 3.63) is 0 Å². The Balaban J connectivity index is 2.07. The molecule has 13 heavy (non-hydrogen) atoms. The van der Waals surface area contributed by atoms with Gasteiger partial charge in [-0.25, -0.2) is 0 Å². The van der Waals surface area contributed by atoms with Gasteiger partial charge < -0.3 is 14.9 Å². The van der Waals surface area contributed by atoms with Crippen LogP contribution in [0.25, 0.3) is 0 Å². The van der Waals surface area contributed by atoms with Crippen LogP contribution in [0, 0.1) is 0 Å². The molecule has 0 saturated carbocycles. The van der Waals surface area contributed by atoms with Crippen molar-refractivity contribution in [1.82, 2.24) is 4.90 Å². The maximum Gasteiger partial charge on any atom is 0.0668 e. The molecule has 0 aromatic carbocycles. The van der Waals surface area contributed by atoms with Gasteiger partial charge in [-0.2, -0.15) is 0 Å². The maximum absolute atomic E-state index is 9.54. The highest BCUT2D eigenvalue weighted by Gasteiger charge is 2.13. The molecule has 1 atom stereocenters. The molecule has 4 nitrogen and oxygen atoms in total. The number of hydrogen-bond donors (Lipinski definition) is 2. The molecule has 1 saturated heterocycles. The van der Waals surface area contributed by atoms with Crippen molar-refractivity contribution in [2.45, 2.75) is 18.9 Å². The molecule has 0 spiro atoms. The summed E-state index contributed by atoms with van der Waals surface area (Å²) in [4.78, 5) is 2.20. The zero-order valence-electron chi connectivity index (χ0n) is 7.98. The average Bonchev–Trinajstić information content (AvgIpc) is 2.16. The van der Waals surface area contributed by atoms with Gasteiger partial charge in [-0.3, -0.25) is 4.90 Å². The highest BCUT2D eigenvalue weighted by molar-refractivity contribution is 4.67. The number of morpholine rings is 1. The summed E-state index contributed by atoms with van der Waals surface area (Å²) in [7, 11) is 0. The normalized spacial score (nSPS) is 21.7. The summed E-state index contributed by atoms with van der Waals surface area (Å²) in [6.07, 6.45) is 1.07. The number of aliphatic hydroxyl groups is 2. The predicted octanol–water partition coefficient (Wildman–Crippen LogP) is -0.548. The Morgan fingerprint density at radius 2 is 2.00 bits per heavy atom. The van der Waals surface area contributed by atoms with E-state index in [0.717, 1.165) is 26.3 Å². The lowest BCUT2D eigenvalue weighted by atomic mass is 10.2. The van der Waals surface area contributed by atoms with Crippen molar-refractivity contribution in [2.24, 2.45) is 0 Å². The van der Waals surface area contributed by atoms with E-state index in [1.54, 1.807) is 0 Å². The molecule has 1 aliphatic heterocycles. The fourth-order valence-corrected chi connectivity index (χ4v) is 1.50. The molecule has 1 heterocycles. The van der Waals surface area contributed by atoms with Crippen molar-refractivity contribution < 1.29 is 14.9 Å². The summed E-state index contributed by atoms with van der Waals surface area (Å²) < 4.78 is 5.20. The molecule has 1 unspecified atom stereocenters. The topological polar surface area (TPSA) is 52.9 Å². The Morgan fingerprint density at radius 3 is 2.62 bits per heavy atom. The quantitative estimate of drug-likeness (QED) is 0.609. The van der Waals surface area contributed by atoms with Gasteiger partial charge in [-0.05, 0) is 12.8 Å². The zero-order chi connectivity index (χ0) is 9.52. The Morgan fingerprint density at radius 1 is 1.31 bits per heavy atom. The molecule has 0 amide bonds. The minimum Gasteiger partial charge on any atom is -0.396 e. The van der Waals surface area contributed by atoms with Crippen LogP contribution >= 0.6 is 0 Å². The molecule has 2 N–H and O–H groups in total. The summed E-state index contributed by atoms with van der Waals surface area (Å²) in [5.74, 6) is 0. The first-order valence-electron chi connectivity index (χ1n) is 4.92. The van der Waals surface area contributed by atoms with Crippen LogP contribution in [0.4, 0.5) is 0 Å². The number of hydrogen-bond acceptors (Lipinski definition) is 4. The lowest BCUT2D eigenvalue weighted by Crippen LogP contribution is -2.40. The van der Waals surface area contributed by atoms with Gasteiger partial charge in [-0.1, -0.05) is 0 Å². The Labute approximate surface area is 79.1 Å². The van der Waals surface area contributed by atoms with Crippen LogP contribution in [-0.4, -0.2) is 60.7 Å². The van der Waals surface area contributed by atoms with E-state index in [-0.39, 0.29) is 12.7 Å². The van der Waals surface area contributed by atoms with Crippen LogP contribution in [-0.2, 0) is 4.74 Å². The zero-order valence-corrected chi connectivity index (χ0v) is 7.98. The smallest absolute Gasteiger partial charge is 0.0668 e. The first-order chi connectivity index (χ1) is 6.33. The van der Waals surface area contributed by atoms with E-state index in [1.807, 2.05) is 0 Å². The Hall–Kier alpha value is -0.160. The molecule has 0 bridgehead atoms. The number of aliphatic hydroxyl groups excluding tert-OH is 2. The summed E-state index contributed by atoms with van der Waals surface area (Å²) in [5, 5.41) is 18.1. The molecule has 1 aliphatic rings. The maximum atomic E-state index is 9.54. The number of ether oxygens (including phenoxy) is 1. The SMILES string of the molecule is OCCCC(O)CN1CCOCC1. The molecule has 0 radical (unpaired) electrons. The fraction of sp³-hybridized carbons (Fsp3) is 1.00. The van der Waals surface area contributed by atoms with Gasteiger partial charge in [0.1, 0.15) is 0 Å². The van der Waals surface area contributed by atoms with E-state index in [0.29, 0.717) is 19.4 Å². The number of rotatable bonds is 5.